The van der Waals surface area contributed by atoms with Crippen LogP contribution in [0.15, 0.2) is 22.8 Å². The Labute approximate surface area is 70.7 Å². The molecule has 0 atom stereocenters. The van der Waals surface area contributed by atoms with Gasteiger partial charge in [0.1, 0.15) is 12.2 Å². The molecule has 11 heavy (non-hydrogen) atoms. The molecule has 62 valence electrons. The van der Waals surface area contributed by atoms with Crippen molar-refractivity contribution in [2.24, 2.45) is 0 Å². The summed E-state index contributed by atoms with van der Waals surface area (Å²) in [5.74, 6) is 0.349. The molecule has 0 N–H and O–H groups in total. The van der Waals surface area contributed by atoms with Gasteiger partial charge in [0.2, 0.25) is 0 Å². The van der Waals surface area contributed by atoms with Crippen LogP contribution in [0.5, 0.6) is 0 Å². The van der Waals surface area contributed by atoms with Gasteiger partial charge in [0, 0.05) is 0 Å². The van der Waals surface area contributed by atoms with Crippen molar-refractivity contribution >= 4 is 18.4 Å². The summed E-state index contributed by atoms with van der Waals surface area (Å²) in [6.45, 7) is 0. The van der Waals surface area contributed by atoms with Gasteiger partial charge in [0.15, 0.2) is 0 Å². The second-order valence-electron chi connectivity index (χ2n) is 1.83. The minimum absolute atomic E-state index is 0. The van der Waals surface area contributed by atoms with Gasteiger partial charge in [-0.15, -0.1) is 12.4 Å². The molecule has 0 saturated heterocycles. The first-order valence-electron chi connectivity index (χ1n) is 2.92. The van der Waals surface area contributed by atoms with Gasteiger partial charge in [-0.1, -0.05) is 0 Å². The zero-order valence-corrected chi connectivity index (χ0v) is 6.89. The molecule has 0 spiro atoms. The molecule has 4 heteroatoms. The van der Waals surface area contributed by atoms with Crippen molar-refractivity contribution in [3.8, 4) is 0 Å². The van der Waals surface area contributed by atoms with Crippen LogP contribution in [0.25, 0.3) is 0 Å². The van der Waals surface area contributed by atoms with E-state index < -0.39 is 0 Å². The summed E-state index contributed by atoms with van der Waals surface area (Å²) in [6, 6.07) is 3.47. The van der Waals surface area contributed by atoms with Crippen LogP contribution in [0.4, 0.5) is 0 Å². The summed E-state index contributed by atoms with van der Waals surface area (Å²) in [4.78, 5) is 10.6. The zero-order valence-electron chi connectivity index (χ0n) is 6.07. The maximum Gasteiger partial charge on any atom is 0.313 e. The Hall–Kier alpha value is -0.960. The standard InChI is InChI=1S/C7H8O3.ClH/c1-9-7(8)5-6-3-2-4-10-6;/h2-4H,5H2,1H3;1H. The van der Waals surface area contributed by atoms with Crippen molar-refractivity contribution in [2.75, 3.05) is 7.11 Å². The monoisotopic (exact) mass is 176 g/mol. The minimum Gasteiger partial charge on any atom is -0.469 e. The normalized spacial score (nSPS) is 8.45. The van der Waals surface area contributed by atoms with E-state index in [1.165, 1.54) is 13.4 Å². The average molecular weight is 177 g/mol. The number of hydrogen-bond donors (Lipinski definition) is 0. The Bertz CT molecular complexity index is 205. The SMILES string of the molecule is COC(=O)Cc1ccco1.Cl. The molecule has 0 aliphatic rings. The molecule has 1 aromatic heterocycles. The molecule has 0 amide bonds. The molecule has 0 aliphatic carbocycles. The van der Waals surface area contributed by atoms with Crippen LogP contribution in [0, 0.1) is 0 Å². The van der Waals surface area contributed by atoms with E-state index in [1.807, 2.05) is 0 Å². The van der Waals surface area contributed by atoms with E-state index in [0.29, 0.717) is 5.76 Å². The van der Waals surface area contributed by atoms with Crippen molar-refractivity contribution in [1.82, 2.24) is 0 Å². The third kappa shape index (κ3) is 3.09. The smallest absolute Gasteiger partial charge is 0.313 e. The van der Waals surface area contributed by atoms with Crippen molar-refractivity contribution < 1.29 is 13.9 Å². The first kappa shape index (κ1) is 10.0. The fraction of sp³-hybridized carbons (Fsp3) is 0.286. The fourth-order valence-electron chi connectivity index (χ4n) is 0.628. The summed E-state index contributed by atoms with van der Waals surface area (Å²) in [7, 11) is 1.35. The molecule has 1 heterocycles. The first-order valence-corrected chi connectivity index (χ1v) is 2.92. The lowest BCUT2D eigenvalue weighted by Gasteiger charge is -1.93. The van der Waals surface area contributed by atoms with Crippen LogP contribution >= 0.6 is 12.4 Å². The maximum atomic E-state index is 10.6. The summed E-state index contributed by atoms with van der Waals surface area (Å²) in [5.41, 5.74) is 0. The second-order valence-corrected chi connectivity index (χ2v) is 1.83. The number of ether oxygens (including phenoxy) is 1. The van der Waals surface area contributed by atoms with E-state index in [-0.39, 0.29) is 24.8 Å². The molecule has 0 aromatic carbocycles. The van der Waals surface area contributed by atoms with Crippen LogP contribution in [0.2, 0.25) is 0 Å². The van der Waals surface area contributed by atoms with Crippen molar-refractivity contribution in [2.45, 2.75) is 6.42 Å². The third-order valence-electron chi connectivity index (χ3n) is 1.13. The van der Waals surface area contributed by atoms with Gasteiger partial charge in [-0.3, -0.25) is 4.79 Å². The van der Waals surface area contributed by atoms with Crippen LogP contribution in [0.3, 0.4) is 0 Å². The number of hydrogen-bond acceptors (Lipinski definition) is 3. The van der Waals surface area contributed by atoms with E-state index in [9.17, 15) is 4.79 Å². The highest BCUT2D eigenvalue weighted by molar-refractivity contribution is 5.85. The van der Waals surface area contributed by atoms with Gasteiger partial charge in [-0.2, -0.15) is 0 Å². The third-order valence-corrected chi connectivity index (χ3v) is 1.13. The van der Waals surface area contributed by atoms with Crippen molar-refractivity contribution in [1.29, 1.82) is 0 Å². The molecule has 0 fully saturated rings. The summed E-state index contributed by atoms with van der Waals surface area (Å²) >= 11 is 0. The molecular weight excluding hydrogens is 168 g/mol. The molecule has 0 bridgehead atoms. The number of rotatable bonds is 2. The maximum absolute atomic E-state index is 10.6. The fourth-order valence-corrected chi connectivity index (χ4v) is 0.628. The van der Waals surface area contributed by atoms with Gasteiger partial charge in [-0.25, -0.2) is 0 Å². The molecule has 0 aliphatic heterocycles. The molecule has 0 unspecified atom stereocenters. The topological polar surface area (TPSA) is 39.4 Å². The van der Waals surface area contributed by atoms with Gasteiger partial charge < -0.3 is 9.15 Å². The Morgan fingerprint density at radius 1 is 1.73 bits per heavy atom. The predicted octanol–water partition coefficient (Wildman–Crippen LogP) is 1.42. The lowest BCUT2D eigenvalue weighted by molar-refractivity contribution is -0.140. The van der Waals surface area contributed by atoms with Gasteiger partial charge >= 0.3 is 5.97 Å². The number of carbonyl (C=O) groups is 1. The van der Waals surface area contributed by atoms with Crippen LogP contribution < -0.4 is 0 Å². The van der Waals surface area contributed by atoms with E-state index in [1.54, 1.807) is 12.1 Å². The molecule has 3 nitrogen and oxygen atoms in total. The van der Waals surface area contributed by atoms with E-state index in [4.69, 9.17) is 4.42 Å². The van der Waals surface area contributed by atoms with Crippen molar-refractivity contribution in [3.63, 3.8) is 0 Å². The lowest BCUT2D eigenvalue weighted by Crippen LogP contribution is -2.02. The van der Waals surface area contributed by atoms with E-state index >= 15 is 0 Å². The van der Waals surface area contributed by atoms with Crippen LogP contribution in [-0.4, -0.2) is 13.1 Å². The quantitative estimate of drug-likeness (QED) is 0.640. The predicted molar refractivity (Wildman–Crippen MR) is 41.7 cm³/mol. The number of methoxy groups -OCH3 is 1. The van der Waals surface area contributed by atoms with Gasteiger partial charge in [0.05, 0.1) is 13.4 Å². The van der Waals surface area contributed by atoms with Gasteiger partial charge in [-0.05, 0) is 12.1 Å². The summed E-state index contributed by atoms with van der Waals surface area (Å²) < 4.78 is 9.33. The zero-order chi connectivity index (χ0) is 7.40. The highest BCUT2D eigenvalue weighted by atomic mass is 35.5. The molecular formula is C7H9ClO3. The number of furan rings is 1. The highest BCUT2D eigenvalue weighted by Gasteiger charge is 2.03. The lowest BCUT2D eigenvalue weighted by atomic mass is 10.3. The van der Waals surface area contributed by atoms with Crippen LogP contribution in [-0.2, 0) is 16.0 Å². The van der Waals surface area contributed by atoms with Gasteiger partial charge in [0.25, 0.3) is 0 Å². The Balaban J connectivity index is 0.000001000. The van der Waals surface area contributed by atoms with E-state index in [0.717, 1.165) is 0 Å². The molecule has 0 radical (unpaired) electrons. The molecule has 0 saturated carbocycles. The number of esters is 1. The highest BCUT2D eigenvalue weighted by Crippen LogP contribution is 2.00. The summed E-state index contributed by atoms with van der Waals surface area (Å²) in [5, 5.41) is 0. The minimum atomic E-state index is -0.282. The second kappa shape index (κ2) is 4.79. The van der Waals surface area contributed by atoms with Crippen LogP contribution in [0.1, 0.15) is 5.76 Å². The average Bonchev–Trinajstić information content (AvgIpc) is 2.40. The molecule has 1 rings (SSSR count). The summed E-state index contributed by atoms with van der Waals surface area (Å²) in [6.07, 6.45) is 1.74. The molecule has 1 aromatic rings. The van der Waals surface area contributed by atoms with Crippen molar-refractivity contribution in [3.05, 3.63) is 24.2 Å². The first-order chi connectivity index (χ1) is 4.83. The number of halogens is 1. The largest absolute Gasteiger partial charge is 0.469 e. The van der Waals surface area contributed by atoms with E-state index in [2.05, 4.69) is 4.74 Å². The Morgan fingerprint density at radius 3 is 2.91 bits per heavy atom. The Kier molecular flexibility index (Phi) is 4.38. The Morgan fingerprint density at radius 2 is 2.45 bits per heavy atom. The number of carbonyl (C=O) groups excluding carboxylic acids is 1.